The van der Waals surface area contributed by atoms with Crippen LogP contribution in [0.1, 0.15) is 47.2 Å². The van der Waals surface area contributed by atoms with E-state index >= 15 is 0 Å². The number of ketones is 1. The summed E-state index contributed by atoms with van der Waals surface area (Å²) in [6.07, 6.45) is 5.05. The number of methoxy groups -OCH3 is 1. The first-order valence-corrected chi connectivity index (χ1v) is 13.0. The number of aryl methyl sites for hydroxylation is 1. The lowest BCUT2D eigenvalue weighted by Crippen LogP contribution is -2.41. The highest BCUT2D eigenvalue weighted by Crippen LogP contribution is 2.35. The smallest absolute Gasteiger partial charge is 0.319 e. The van der Waals surface area contributed by atoms with Gasteiger partial charge in [-0.1, -0.05) is 67.1 Å². The van der Waals surface area contributed by atoms with Crippen molar-refractivity contribution in [2.75, 3.05) is 12.4 Å². The standard InChI is InChI=1S/C31H32N2O4/c1-37-30(35)28-8-4-7-27(28)29(34)23-11-9-21(10-12-23)22-13-16-25(17-14-22)32-31(36)33-26-18-15-20-5-2-3-6-24(20)19-26/h2-3,5-6,9-14,16-17,26-28H,4,7-8,15,18-19H2,1H3,(H2,32,33,36)/t26?,27-,28-/m1/s1. The van der Waals surface area contributed by atoms with Crippen molar-refractivity contribution in [1.29, 1.82) is 0 Å². The van der Waals surface area contributed by atoms with Gasteiger partial charge >= 0.3 is 12.0 Å². The highest BCUT2D eigenvalue weighted by molar-refractivity contribution is 6.00. The Bertz CT molecular complexity index is 1280. The third-order valence-electron chi connectivity index (χ3n) is 7.68. The average molecular weight is 497 g/mol. The second kappa shape index (κ2) is 11.0. The summed E-state index contributed by atoms with van der Waals surface area (Å²) in [5, 5.41) is 6.03. The van der Waals surface area contributed by atoms with E-state index in [1.165, 1.54) is 18.2 Å². The number of esters is 1. The van der Waals surface area contributed by atoms with Gasteiger partial charge in [0.1, 0.15) is 0 Å². The van der Waals surface area contributed by atoms with Gasteiger partial charge in [0.15, 0.2) is 5.78 Å². The normalized spacial score (nSPS) is 20.5. The Morgan fingerprint density at radius 1 is 0.784 bits per heavy atom. The number of hydrogen-bond acceptors (Lipinski definition) is 4. The van der Waals surface area contributed by atoms with Gasteiger partial charge in [-0.05, 0) is 66.5 Å². The fourth-order valence-corrected chi connectivity index (χ4v) is 5.67. The van der Waals surface area contributed by atoms with Gasteiger partial charge in [-0.25, -0.2) is 4.79 Å². The maximum Gasteiger partial charge on any atom is 0.319 e. The number of nitrogens with one attached hydrogen (secondary N) is 2. The minimum Gasteiger partial charge on any atom is -0.469 e. The molecular weight excluding hydrogens is 464 g/mol. The molecule has 1 fully saturated rings. The van der Waals surface area contributed by atoms with Crippen molar-refractivity contribution < 1.29 is 19.1 Å². The molecule has 1 unspecified atom stereocenters. The predicted octanol–water partition coefficient (Wildman–Crippen LogP) is 5.80. The van der Waals surface area contributed by atoms with Gasteiger partial charge in [-0.3, -0.25) is 9.59 Å². The first-order valence-electron chi connectivity index (χ1n) is 13.0. The summed E-state index contributed by atoms with van der Waals surface area (Å²) in [5.74, 6) is -0.938. The number of carbonyl (C=O) groups is 3. The highest BCUT2D eigenvalue weighted by Gasteiger charge is 2.38. The van der Waals surface area contributed by atoms with Crippen molar-refractivity contribution in [3.05, 3.63) is 89.5 Å². The highest BCUT2D eigenvalue weighted by atomic mass is 16.5. The number of benzene rings is 3. The second-order valence-corrected chi connectivity index (χ2v) is 9.99. The number of fused-ring (bicyclic) bond motifs is 1. The predicted molar refractivity (Wildman–Crippen MR) is 143 cm³/mol. The molecule has 0 saturated heterocycles. The van der Waals surface area contributed by atoms with Crippen molar-refractivity contribution in [3.8, 4) is 11.1 Å². The topological polar surface area (TPSA) is 84.5 Å². The fraction of sp³-hybridized carbons (Fsp3) is 0.323. The van der Waals surface area contributed by atoms with Crippen molar-refractivity contribution in [1.82, 2.24) is 5.32 Å². The number of amides is 2. The quantitative estimate of drug-likeness (QED) is 0.333. The Labute approximate surface area is 217 Å². The van der Waals surface area contributed by atoms with E-state index in [1.54, 1.807) is 0 Å². The van der Waals surface area contributed by atoms with Crippen LogP contribution >= 0.6 is 0 Å². The number of hydrogen-bond donors (Lipinski definition) is 2. The van der Waals surface area contributed by atoms with Gasteiger partial charge in [0.2, 0.25) is 0 Å². The molecule has 1 saturated carbocycles. The molecule has 0 bridgehead atoms. The molecule has 0 radical (unpaired) electrons. The number of carbonyl (C=O) groups excluding carboxylic acids is 3. The zero-order valence-corrected chi connectivity index (χ0v) is 21.0. The van der Waals surface area contributed by atoms with Crippen LogP contribution in [0.15, 0.2) is 72.8 Å². The van der Waals surface area contributed by atoms with Crippen LogP contribution in [0.4, 0.5) is 10.5 Å². The van der Waals surface area contributed by atoms with Crippen molar-refractivity contribution in [2.24, 2.45) is 11.8 Å². The Balaban J connectivity index is 1.17. The molecular formula is C31H32N2O4. The molecule has 0 heterocycles. The summed E-state index contributed by atoms with van der Waals surface area (Å²) in [4.78, 5) is 37.6. The maximum atomic E-state index is 13.0. The van der Waals surface area contributed by atoms with E-state index in [4.69, 9.17) is 4.74 Å². The zero-order valence-electron chi connectivity index (χ0n) is 21.0. The molecule has 37 heavy (non-hydrogen) atoms. The number of urea groups is 1. The first kappa shape index (κ1) is 24.8. The van der Waals surface area contributed by atoms with Gasteiger partial charge in [-0.2, -0.15) is 0 Å². The average Bonchev–Trinajstić information content (AvgIpc) is 3.43. The molecule has 2 aliphatic rings. The minimum absolute atomic E-state index is 0.00599. The van der Waals surface area contributed by atoms with Crippen molar-refractivity contribution >= 4 is 23.5 Å². The molecule has 190 valence electrons. The molecule has 0 aromatic heterocycles. The summed E-state index contributed by atoms with van der Waals surface area (Å²) in [6, 6.07) is 23.5. The molecule has 5 rings (SSSR count). The van der Waals surface area contributed by atoms with Crippen LogP contribution in [0.25, 0.3) is 11.1 Å². The number of Topliss-reactive ketones (excluding diaryl/α,β-unsaturated/α-hetero) is 1. The molecule has 0 spiro atoms. The van der Waals surface area contributed by atoms with Gasteiger partial charge in [-0.15, -0.1) is 0 Å². The van der Waals surface area contributed by atoms with Crippen molar-refractivity contribution in [2.45, 2.75) is 44.6 Å². The third kappa shape index (κ3) is 5.58. The summed E-state index contributed by atoms with van der Waals surface area (Å²) in [5.41, 5.74) is 5.98. The van der Waals surface area contributed by atoms with Crippen LogP contribution < -0.4 is 10.6 Å². The van der Waals surface area contributed by atoms with Crippen molar-refractivity contribution in [3.63, 3.8) is 0 Å². The van der Waals surface area contributed by atoms with Crippen LogP contribution in [0.2, 0.25) is 0 Å². The third-order valence-corrected chi connectivity index (χ3v) is 7.68. The van der Waals surface area contributed by atoms with E-state index in [0.717, 1.165) is 48.9 Å². The van der Waals surface area contributed by atoms with E-state index in [0.29, 0.717) is 12.0 Å². The van der Waals surface area contributed by atoms with Crippen LogP contribution in [0.5, 0.6) is 0 Å². The summed E-state index contributed by atoms with van der Waals surface area (Å²) in [6.45, 7) is 0. The molecule has 2 amide bonds. The molecule has 2 N–H and O–H groups in total. The van der Waals surface area contributed by atoms with E-state index in [-0.39, 0.29) is 35.7 Å². The zero-order chi connectivity index (χ0) is 25.8. The first-order chi connectivity index (χ1) is 18.0. The van der Waals surface area contributed by atoms with Crippen LogP contribution in [0.3, 0.4) is 0 Å². The Hall–Kier alpha value is -3.93. The van der Waals surface area contributed by atoms with Crippen LogP contribution in [0, 0.1) is 11.8 Å². The molecule has 3 aromatic carbocycles. The van der Waals surface area contributed by atoms with Gasteiger partial charge in [0.25, 0.3) is 0 Å². The molecule has 3 aromatic rings. The van der Waals surface area contributed by atoms with Crippen LogP contribution in [-0.4, -0.2) is 30.9 Å². The lowest BCUT2D eigenvalue weighted by Gasteiger charge is -2.25. The second-order valence-electron chi connectivity index (χ2n) is 9.99. The lowest BCUT2D eigenvalue weighted by atomic mass is 9.88. The van der Waals surface area contributed by atoms with Gasteiger partial charge < -0.3 is 15.4 Å². The SMILES string of the molecule is COC(=O)[C@@H]1CCC[C@H]1C(=O)c1ccc(-c2ccc(NC(=O)NC3CCc4ccccc4C3)cc2)cc1. The molecule has 3 atom stereocenters. The summed E-state index contributed by atoms with van der Waals surface area (Å²) < 4.78 is 4.89. The van der Waals surface area contributed by atoms with E-state index in [9.17, 15) is 14.4 Å². The number of rotatable bonds is 6. The van der Waals surface area contributed by atoms with Crippen LogP contribution in [-0.2, 0) is 22.4 Å². The van der Waals surface area contributed by atoms with Gasteiger partial charge in [0, 0.05) is 23.2 Å². The van der Waals surface area contributed by atoms with E-state index in [2.05, 4.69) is 28.8 Å². The van der Waals surface area contributed by atoms with Gasteiger partial charge in [0.05, 0.1) is 13.0 Å². The maximum absolute atomic E-state index is 13.0. The van der Waals surface area contributed by atoms with E-state index in [1.807, 2.05) is 54.6 Å². The monoisotopic (exact) mass is 496 g/mol. The fourth-order valence-electron chi connectivity index (χ4n) is 5.67. The largest absolute Gasteiger partial charge is 0.469 e. The number of anilines is 1. The Kier molecular flexibility index (Phi) is 7.35. The molecule has 2 aliphatic carbocycles. The minimum atomic E-state index is -0.344. The Morgan fingerprint density at radius 2 is 1.43 bits per heavy atom. The lowest BCUT2D eigenvalue weighted by molar-refractivity contribution is -0.146. The Morgan fingerprint density at radius 3 is 2.14 bits per heavy atom. The van der Waals surface area contributed by atoms with E-state index < -0.39 is 0 Å². The number of ether oxygens (including phenoxy) is 1. The molecule has 0 aliphatic heterocycles. The molecule has 6 nitrogen and oxygen atoms in total. The summed E-state index contributed by atoms with van der Waals surface area (Å²) >= 11 is 0. The summed E-state index contributed by atoms with van der Waals surface area (Å²) in [7, 11) is 1.38. The molecule has 6 heteroatoms.